The lowest BCUT2D eigenvalue weighted by atomic mass is 9.89. The van der Waals surface area contributed by atoms with Crippen molar-refractivity contribution in [2.45, 2.75) is 50.0 Å². The largest absolute Gasteiger partial charge is 0.497 e. The normalized spacial score (nSPS) is 14.0. The summed E-state index contributed by atoms with van der Waals surface area (Å²) in [7, 11) is -2.62. The third-order valence-corrected chi connectivity index (χ3v) is 8.36. The molecule has 1 atom stereocenters. The molecule has 0 radical (unpaired) electrons. The number of aryl methyl sites for hydroxylation is 2. The first kappa shape index (κ1) is 25.7. The molecule has 0 aliphatic heterocycles. The van der Waals surface area contributed by atoms with Crippen molar-refractivity contribution in [3.05, 3.63) is 89.2 Å². The van der Waals surface area contributed by atoms with Crippen molar-refractivity contribution in [1.82, 2.24) is 5.32 Å². The number of nitrogens with one attached hydrogen (secondary N) is 1. The standard InChI is InChI=1S/C28H31FN2O4S/c1-3-27(22-9-8-20-6-4-5-7-21(20)18-22)30-28(32)19-31(24-12-10-23(29)11-13-24)36(33,34)26-16-14-25(35-2)15-17-26/h8-18,27H,3-7,19H2,1-2H3,(H,30,32)/t27-/m1/s1. The highest BCUT2D eigenvalue weighted by Crippen LogP contribution is 2.28. The number of sulfonamides is 1. The number of halogens is 1. The summed E-state index contributed by atoms with van der Waals surface area (Å²) in [5.41, 5.74) is 3.89. The molecule has 4 rings (SSSR count). The molecule has 1 aliphatic carbocycles. The average Bonchev–Trinajstić information content (AvgIpc) is 2.90. The van der Waals surface area contributed by atoms with Gasteiger partial charge in [0.05, 0.1) is 23.7 Å². The second-order valence-electron chi connectivity index (χ2n) is 8.93. The summed E-state index contributed by atoms with van der Waals surface area (Å²) in [6, 6.07) is 17.1. The number of rotatable bonds is 9. The molecule has 3 aromatic carbocycles. The van der Waals surface area contributed by atoms with Gasteiger partial charge in [-0.25, -0.2) is 12.8 Å². The molecule has 0 heterocycles. The van der Waals surface area contributed by atoms with Crippen LogP contribution in [0, 0.1) is 5.82 Å². The maximum absolute atomic E-state index is 13.6. The first-order chi connectivity index (χ1) is 17.3. The van der Waals surface area contributed by atoms with E-state index in [1.165, 1.54) is 61.1 Å². The Kier molecular flexibility index (Phi) is 7.94. The molecule has 1 aliphatic rings. The van der Waals surface area contributed by atoms with E-state index in [9.17, 15) is 17.6 Å². The lowest BCUT2D eigenvalue weighted by Crippen LogP contribution is -2.42. The second kappa shape index (κ2) is 11.1. The van der Waals surface area contributed by atoms with Crippen molar-refractivity contribution in [2.24, 2.45) is 0 Å². The Bertz CT molecular complexity index is 1310. The highest BCUT2D eigenvalue weighted by Gasteiger charge is 2.28. The lowest BCUT2D eigenvalue weighted by molar-refractivity contribution is -0.120. The van der Waals surface area contributed by atoms with E-state index in [0.717, 1.165) is 29.1 Å². The number of carbonyl (C=O) groups excluding carboxylic acids is 1. The zero-order valence-electron chi connectivity index (χ0n) is 20.5. The zero-order chi connectivity index (χ0) is 25.7. The van der Waals surface area contributed by atoms with Gasteiger partial charge in [0.25, 0.3) is 10.0 Å². The molecule has 3 aromatic rings. The lowest BCUT2D eigenvalue weighted by Gasteiger charge is -2.26. The average molecular weight is 511 g/mol. The zero-order valence-corrected chi connectivity index (χ0v) is 21.4. The fourth-order valence-electron chi connectivity index (χ4n) is 4.56. The van der Waals surface area contributed by atoms with Crippen molar-refractivity contribution >= 4 is 21.6 Å². The molecule has 6 nitrogen and oxygen atoms in total. The van der Waals surface area contributed by atoms with Crippen LogP contribution in [0.2, 0.25) is 0 Å². The molecule has 0 fully saturated rings. The Hall–Kier alpha value is -3.39. The van der Waals surface area contributed by atoms with Crippen LogP contribution < -0.4 is 14.4 Å². The third-order valence-electron chi connectivity index (χ3n) is 6.57. The van der Waals surface area contributed by atoms with Gasteiger partial charge in [-0.3, -0.25) is 9.10 Å². The predicted molar refractivity (Wildman–Crippen MR) is 138 cm³/mol. The van der Waals surface area contributed by atoms with E-state index >= 15 is 0 Å². The Morgan fingerprint density at radius 2 is 1.67 bits per heavy atom. The molecule has 190 valence electrons. The van der Waals surface area contributed by atoms with Crippen LogP contribution in [0.15, 0.2) is 71.6 Å². The van der Waals surface area contributed by atoms with E-state index in [0.29, 0.717) is 12.2 Å². The molecule has 1 amide bonds. The maximum atomic E-state index is 13.6. The van der Waals surface area contributed by atoms with E-state index in [4.69, 9.17) is 4.74 Å². The number of fused-ring (bicyclic) bond motifs is 1. The topological polar surface area (TPSA) is 75.7 Å². The number of benzene rings is 3. The monoisotopic (exact) mass is 510 g/mol. The van der Waals surface area contributed by atoms with Gasteiger partial charge in [-0.15, -0.1) is 0 Å². The van der Waals surface area contributed by atoms with Crippen molar-refractivity contribution in [3.8, 4) is 5.75 Å². The minimum Gasteiger partial charge on any atom is -0.497 e. The number of amides is 1. The molecule has 0 saturated carbocycles. The minimum absolute atomic E-state index is 0.00199. The Morgan fingerprint density at radius 1 is 1.00 bits per heavy atom. The summed E-state index contributed by atoms with van der Waals surface area (Å²) in [6.07, 6.45) is 5.13. The number of methoxy groups -OCH3 is 1. The van der Waals surface area contributed by atoms with Crippen LogP contribution in [-0.2, 0) is 27.7 Å². The van der Waals surface area contributed by atoms with Crippen LogP contribution in [0.25, 0.3) is 0 Å². The Morgan fingerprint density at radius 3 is 2.31 bits per heavy atom. The van der Waals surface area contributed by atoms with E-state index in [1.807, 2.05) is 13.0 Å². The molecule has 0 unspecified atom stereocenters. The van der Waals surface area contributed by atoms with Gasteiger partial charge in [0, 0.05) is 0 Å². The number of hydrogen-bond donors (Lipinski definition) is 1. The smallest absolute Gasteiger partial charge is 0.264 e. The van der Waals surface area contributed by atoms with Crippen LogP contribution in [0.4, 0.5) is 10.1 Å². The summed E-state index contributed by atoms with van der Waals surface area (Å²) < 4.78 is 46.8. The second-order valence-corrected chi connectivity index (χ2v) is 10.8. The quantitative estimate of drug-likeness (QED) is 0.431. The van der Waals surface area contributed by atoms with Crippen LogP contribution in [0.1, 0.15) is 48.9 Å². The maximum Gasteiger partial charge on any atom is 0.264 e. The van der Waals surface area contributed by atoms with Gasteiger partial charge in [0.2, 0.25) is 5.91 Å². The summed E-state index contributed by atoms with van der Waals surface area (Å²) in [4.78, 5) is 13.2. The van der Waals surface area contributed by atoms with Gasteiger partial charge in [-0.1, -0.05) is 25.1 Å². The van der Waals surface area contributed by atoms with Crippen LogP contribution in [-0.4, -0.2) is 28.0 Å². The number of carbonyl (C=O) groups is 1. The van der Waals surface area contributed by atoms with E-state index in [-0.39, 0.29) is 16.6 Å². The highest BCUT2D eigenvalue weighted by molar-refractivity contribution is 7.92. The predicted octanol–water partition coefficient (Wildman–Crippen LogP) is 5.18. The third kappa shape index (κ3) is 5.70. The van der Waals surface area contributed by atoms with Crippen molar-refractivity contribution in [1.29, 1.82) is 0 Å². The molecule has 0 saturated heterocycles. The van der Waals surface area contributed by atoms with Gasteiger partial charge >= 0.3 is 0 Å². The highest BCUT2D eigenvalue weighted by atomic mass is 32.2. The minimum atomic E-state index is -4.11. The van der Waals surface area contributed by atoms with Crippen LogP contribution >= 0.6 is 0 Å². The van der Waals surface area contributed by atoms with Gasteiger partial charge < -0.3 is 10.1 Å². The molecular formula is C28H31FN2O4S. The number of hydrogen-bond acceptors (Lipinski definition) is 4. The van der Waals surface area contributed by atoms with Gasteiger partial charge in [0.1, 0.15) is 18.1 Å². The van der Waals surface area contributed by atoms with E-state index in [1.54, 1.807) is 12.1 Å². The van der Waals surface area contributed by atoms with Crippen LogP contribution in [0.5, 0.6) is 5.75 Å². The Balaban J connectivity index is 1.59. The van der Waals surface area contributed by atoms with Crippen molar-refractivity contribution in [3.63, 3.8) is 0 Å². The van der Waals surface area contributed by atoms with Crippen molar-refractivity contribution < 1.29 is 22.3 Å². The molecule has 0 spiro atoms. The fourth-order valence-corrected chi connectivity index (χ4v) is 5.98. The number of anilines is 1. The molecule has 1 N–H and O–H groups in total. The summed E-state index contributed by atoms with van der Waals surface area (Å²) in [5, 5.41) is 3.00. The summed E-state index contributed by atoms with van der Waals surface area (Å²) in [6.45, 7) is 1.54. The first-order valence-electron chi connectivity index (χ1n) is 12.1. The van der Waals surface area contributed by atoms with E-state index in [2.05, 4.69) is 17.4 Å². The van der Waals surface area contributed by atoms with Gasteiger partial charge in [0.15, 0.2) is 0 Å². The fraction of sp³-hybridized carbons (Fsp3) is 0.321. The first-order valence-corrected chi connectivity index (χ1v) is 13.6. The molecule has 8 heteroatoms. The SMILES string of the molecule is CC[C@@H](NC(=O)CN(c1ccc(F)cc1)S(=O)(=O)c1ccc(OC)cc1)c1ccc2c(c1)CCCC2. The van der Waals surface area contributed by atoms with Crippen molar-refractivity contribution in [2.75, 3.05) is 18.0 Å². The molecule has 36 heavy (non-hydrogen) atoms. The van der Waals surface area contributed by atoms with Gasteiger partial charge in [-0.05, 0) is 97.3 Å². The molecule has 0 aromatic heterocycles. The molecular weight excluding hydrogens is 479 g/mol. The van der Waals surface area contributed by atoms with Gasteiger partial charge in [-0.2, -0.15) is 0 Å². The summed E-state index contributed by atoms with van der Waals surface area (Å²) >= 11 is 0. The molecule has 0 bridgehead atoms. The summed E-state index contributed by atoms with van der Waals surface area (Å²) in [5.74, 6) is -0.430. The van der Waals surface area contributed by atoms with Crippen LogP contribution in [0.3, 0.4) is 0 Å². The number of nitrogens with zero attached hydrogens (tertiary/aromatic N) is 1. The van der Waals surface area contributed by atoms with E-state index < -0.39 is 28.3 Å². The Labute approximate surface area is 212 Å². The number of ether oxygens (including phenoxy) is 1.